The first-order chi connectivity index (χ1) is 12.2. The van der Waals surface area contributed by atoms with Crippen molar-refractivity contribution in [3.63, 3.8) is 0 Å². The highest BCUT2D eigenvalue weighted by Gasteiger charge is 2.22. The van der Waals surface area contributed by atoms with Gasteiger partial charge in [0.25, 0.3) is 5.91 Å². The Hall–Kier alpha value is -2.40. The summed E-state index contributed by atoms with van der Waals surface area (Å²) in [7, 11) is 0. The Balaban J connectivity index is 1.65. The van der Waals surface area contributed by atoms with Gasteiger partial charge < -0.3 is 15.1 Å². The third kappa shape index (κ3) is 4.17. The molecule has 2 aromatic rings. The van der Waals surface area contributed by atoms with Crippen LogP contribution < -0.4 is 5.32 Å². The van der Waals surface area contributed by atoms with E-state index in [-0.39, 0.29) is 5.91 Å². The van der Waals surface area contributed by atoms with Gasteiger partial charge in [-0.25, -0.2) is 4.98 Å². The van der Waals surface area contributed by atoms with Crippen molar-refractivity contribution < 1.29 is 4.79 Å². The Morgan fingerprint density at radius 1 is 1.08 bits per heavy atom. The van der Waals surface area contributed by atoms with Crippen LogP contribution in [0.3, 0.4) is 0 Å². The number of benzene rings is 1. The number of nitrogens with zero attached hydrogens (tertiary/aromatic N) is 3. The lowest BCUT2D eigenvalue weighted by molar-refractivity contribution is 0.0637. The Morgan fingerprint density at radius 3 is 2.48 bits per heavy atom. The van der Waals surface area contributed by atoms with Gasteiger partial charge in [-0.05, 0) is 36.7 Å². The van der Waals surface area contributed by atoms with Crippen LogP contribution in [0.25, 0.3) is 0 Å². The van der Waals surface area contributed by atoms with Crippen molar-refractivity contribution >= 4 is 17.3 Å². The monoisotopic (exact) mass is 338 g/mol. The van der Waals surface area contributed by atoms with Crippen LogP contribution in [0.5, 0.6) is 0 Å². The van der Waals surface area contributed by atoms with Crippen molar-refractivity contribution in [2.75, 3.05) is 38.0 Å². The lowest BCUT2D eigenvalue weighted by Gasteiger charge is -2.33. The van der Waals surface area contributed by atoms with Crippen LogP contribution in [0.15, 0.2) is 42.6 Å². The van der Waals surface area contributed by atoms with E-state index in [0.29, 0.717) is 5.69 Å². The SMILES string of the molecule is CCc1ccccc1Nc1ccc(C(=O)N2CCN(CC)CC2)nc1. The van der Waals surface area contributed by atoms with Crippen LogP contribution in [0, 0.1) is 0 Å². The van der Waals surface area contributed by atoms with E-state index in [1.54, 1.807) is 6.20 Å². The summed E-state index contributed by atoms with van der Waals surface area (Å²) in [4.78, 5) is 21.2. The third-order valence-corrected chi connectivity index (χ3v) is 4.77. The molecule has 0 unspecified atom stereocenters. The fraction of sp³-hybridized carbons (Fsp3) is 0.400. The summed E-state index contributed by atoms with van der Waals surface area (Å²) in [6.45, 7) is 8.77. The van der Waals surface area contributed by atoms with Gasteiger partial charge in [-0.15, -0.1) is 0 Å². The molecule has 1 aliphatic rings. The molecule has 1 aromatic carbocycles. The van der Waals surface area contributed by atoms with Crippen molar-refractivity contribution in [1.29, 1.82) is 0 Å². The van der Waals surface area contributed by atoms with Gasteiger partial charge in [0.2, 0.25) is 0 Å². The maximum absolute atomic E-state index is 12.6. The molecule has 5 nitrogen and oxygen atoms in total. The van der Waals surface area contributed by atoms with Gasteiger partial charge in [0, 0.05) is 31.9 Å². The minimum Gasteiger partial charge on any atom is -0.354 e. The fourth-order valence-corrected chi connectivity index (χ4v) is 3.13. The van der Waals surface area contributed by atoms with Crippen molar-refractivity contribution in [1.82, 2.24) is 14.8 Å². The third-order valence-electron chi connectivity index (χ3n) is 4.77. The van der Waals surface area contributed by atoms with Gasteiger partial charge in [0.1, 0.15) is 5.69 Å². The van der Waals surface area contributed by atoms with E-state index in [0.717, 1.165) is 50.5 Å². The van der Waals surface area contributed by atoms with Crippen LogP contribution in [0.4, 0.5) is 11.4 Å². The van der Waals surface area contributed by atoms with Gasteiger partial charge in [-0.1, -0.05) is 32.0 Å². The molecule has 0 aliphatic carbocycles. The molecular formula is C20H26N4O. The minimum absolute atomic E-state index is 0.0243. The quantitative estimate of drug-likeness (QED) is 0.910. The van der Waals surface area contributed by atoms with Gasteiger partial charge >= 0.3 is 0 Å². The molecule has 5 heteroatoms. The number of anilines is 2. The Morgan fingerprint density at radius 2 is 1.84 bits per heavy atom. The summed E-state index contributed by atoms with van der Waals surface area (Å²) in [5, 5.41) is 3.39. The van der Waals surface area contributed by atoms with E-state index in [1.165, 1.54) is 5.56 Å². The van der Waals surface area contributed by atoms with Gasteiger partial charge in [-0.3, -0.25) is 4.79 Å². The molecule has 1 aromatic heterocycles. The van der Waals surface area contributed by atoms with Crippen molar-refractivity contribution in [3.05, 3.63) is 53.9 Å². The van der Waals surface area contributed by atoms with Crippen LogP contribution in [-0.4, -0.2) is 53.4 Å². The van der Waals surface area contributed by atoms with E-state index in [9.17, 15) is 4.79 Å². The molecule has 25 heavy (non-hydrogen) atoms. The lowest BCUT2D eigenvalue weighted by atomic mass is 10.1. The van der Waals surface area contributed by atoms with Crippen molar-refractivity contribution in [3.8, 4) is 0 Å². The highest BCUT2D eigenvalue weighted by Crippen LogP contribution is 2.21. The summed E-state index contributed by atoms with van der Waals surface area (Å²) in [5.74, 6) is 0.0243. The fourth-order valence-electron chi connectivity index (χ4n) is 3.13. The zero-order valence-electron chi connectivity index (χ0n) is 15.0. The summed E-state index contributed by atoms with van der Waals surface area (Å²) in [6.07, 6.45) is 2.71. The molecule has 1 aliphatic heterocycles. The zero-order chi connectivity index (χ0) is 17.6. The molecule has 1 amide bonds. The maximum Gasteiger partial charge on any atom is 0.272 e. The molecule has 0 saturated carbocycles. The highest BCUT2D eigenvalue weighted by molar-refractivity contribution is 5.92. The molecular weight excluding hydrogens is 312 g/mol. The topological polar surface area (TPSA) is 48.5 Å². The summed E-state index contributed by atoms with van der Waals surface area (Å²) in [6, 6.07) is 12.0. The first kappa shape index (κ1) is 17.4. The number of aromatic nitrogens is 1. The Kier molecular flexibility index (Phi) is 5.66. The van der Waals surface area contributed by atoms with Gasteiger partial charge in [0.05, 0.1) is 11.9 Å². The first-order valence-electron chi connectivity index (χ1n) is 9.04. The number of pyridine rings is 1. The number of likely N-dealkylation sites (N-methyl/N-ethyl adjacent to an activating group) is 1. The van der Waals surface area contributed by atoms with Crippen molar-refractivity contribution in [2.45, 2.75) is 20.3 Å². The Bertz CT molecular complexity index is 706. The van der Waals surface area contributed by atoms with Crippen LogP contribution in [0.2, 0.25) is 0 Å². The average Bonchev–Trinajstić information content (AvgIpc) is 2.68. The first-order valence-corrected chi connectivity index (χ1v) is 9.04. The number of carbonyl (C=O) groups excluding carboxylic acids is 1. The van der Waals surface area contributed by atoms with E-state index in [1.807, 2.05) is 29.2 Å². The number of piperazine rings is 1. The number of aryl methyl sites for hydroxylation is 1. The normalized spacial score (nSPS) is 15.2. The molecule has 0 radical (unpaired) electrons. The van der Waals surface area contributed by atoms with E-state index in [2.05, 4.69) is 41.2 Å². The molecule has 2 heterocycles. The number of rotatable bonds is 5. The molecule has 1 fully saturated rings. The lowest BCUT2D eigenvalue weighted by Crippen LogP contribution is -2.48. The van der Waals surface area contributed by atoms with E-state index >= 15 is 0 Å². The van der Waals surface area contributed by atoms with E-state index in [4.69, 9.17) is 0 Å². The second kappa shape index (κ2) is 8.12. The van der Waals surface area contributed by atoms with Gasteiger partial charge in [0.15, 0.2) is 0 Å². The second-order valence-corrected chi connectivity index (χ2v) is 6.29. The summed E-state index contributed by atoms with van der Waals surface area (Å²) in [5.41, 5.74) is 3.76. The summed E-state index contributed by atoms with van der Waals surface area (Å²) < 4.78 is 0. The zero-order valence-corrected chi connectivity index (χ0v) is 15.0. The predicted octanol–water partition coefficient (Wildman–Crippen LogP) is 3.17. The van der Waals surface area contributed by atoms with E-state index < -0.39 is 0 Å². The maximum atomic E-state index is 12.6. The van der Waals surface area contributed by atoms with Crippen molar-refractivity contribution in [2.24, 2.45) is 0 Å². The van der Waals surface area contributed by atoms with Crippen LogP contribution in [0.1, 0.15) is 29.9 Å². The largest absolute Gasteiger partial charge is 0.354 e. The van der Waals surface area contributed by atoms with Gasteiger partial charge in [-0.2, -0.15) is 0 Å². The average molecular weight is 338 g/mol. The van der Waals surface area contributed by atoms with Crippen LogP contribution >= 0.6 is 0 Å². The molecule has 1 saturated heterocycles. The number of para-hydroxylation sites is 1. The number of carbonyl (C=O) groups is 1. The summed E-state index contributed by atoms with van der Waals surface area (Å²) >= 11 is 0. The molecule has 1 N–H and O–H groups in total. The number of nitrogens with one attached hydrogen (secondary N) is 1. The molecule has 0 bridgehead atoms. The standard InChI is InChI=1S/C20H26N4O/c1-3-16-7-5-6-8-18(16)22-17-9-10-19(21-15-17)20(25)24-13-11-23(4-2)12-14-24/h5-10,15,22H,3-4,11-14H2,1-2H3. The molecule has 3 rings (SSSR count). The highest BCUT2D eigenvalue weighted by atomic mass is 16.2. The molecule has 0 atom stereocenters. The minimum atomic E-state index is 0.0243. The molecule has 132 valence electrons. The van der Waals surface area contributed by atoms with Crippen LogP contribution in [-0.2, 0) is 6.42 Å². The predicted molar refractivity (Wildman–Crippen MR) is 101 cm³/mol. The smallest absolute Gasteiger partial charge is 0.272 e. The Labute approximate surface area is 149 Å². The second-order valence-electron chi connectivity index (χ2n) is 6.29. The number of amides is 1. The molecule has 0 spiro atoms. The number of hydrogen-bond acceptors (Lipinski definition) is 4. The number of hydrogen-bond donors (Lipinski definition) is 1.